The minimum absolute atomic E-state index is 0.0166. The number of amides is 1. The molecular formula is C12H20N2OS. The summed E-state index contributed by atoms with van der Waals surface area (Å²) in [6, 6.07) is 2.11. The second kappa shape index (κ2) is 5.46. The van der Waals surface area contributed by atoms with Gasteiger partial charge in [0.2, 0.25) is 5.91 Å². The third-order valence-electron chi connectivity index (χ3n) is 2.28. The monoisotopic (exact) mass is 240 g/mol. The normalized spacial score (nSPS) is 11.5. The number of hydrogen-bond donors (Lipinski definition) is 2. The van der Waals surface area contributed by atoms with Gasteiger partial charge in [0.1, 0.15) is 0 Å². The van der Waals surface area contributed by atoms with Gasteiger partial charge in [-0.2, -0.15) is 0 Å². The summed E-state index contributed by atoms with van der Waals surface area (Å²) < 4.78 is 0. The molecule has 3 nitrogen and oxygen atoms in total. The molecule has 0 fully saturated rings. The first-order valence-electron chi connectivity index (χ1n) is 5.53. The van der Waals surface area contributed by atoms with Crippen LogP contribution in [-0.2, 0) is 17.8 Å². The Morgan fingerprint density at radius 3 is 2.81 bits per heavy atom. The summed E-state index contributed by atoms with van der Waals surface area (Å²) in [7, 11) is 0. The highest BCUT2D eigenvalue weighted by atomic mass is 32.1. The molecule has 16 heavy (non-hydrogen) atoms. The van der Waals surface area contributed by atoms with Crippen LogP contribution in [0.25, 0.3) is 0 Å². The molecule has 0 aliphatic rings. The summed E-state index contributed by atoms with van der Waals surface area (Å²) in [6.45, 7) is 6.45. The molecule has 0 spiro atoms. The highest BCUT2D eigenvalue weighted by Crippen LogP contribution is 2.17. The zero-order valence-electron chi connectivity index (χ0n) is 10.2. The second-order valence-electron chi connectivity index (χ2n) is 4.66. The Morgan fingerprint density at radius 1 is 1.56 bits per heavy atom. The first kappa shape index (κ1) is 13.2. The van der Waals surface area contributed by atoms with E-state index in [-0.39, 0.29) is 5.91 Å². The average molecular weight is 240 g/mol. The molecule has 0 aliphatic carbocycles. The van der Waals surface area contributed by atoms with Crippen molar-refractivity contribution in [2.24, 2.45) is 5.73 Å². The quantitative estimate of drug-likeness (QED) is 0.827. The van der Waals surface area contributed by atoms with E-state index in [1.54, 1.807) is 11.3 Å². The van der Waals surface area contributed by atoms with Gasteiger partial charge in [0, 0.05) is 16.8 Å². The Kier molecular flexibility index (Phi) is 4.50. The van der Waals surface area contributed by atoms with Gasteiger partial charge in [0.05, 0.1) is 6.54 Å². The van der Waals surface area contributed by atoms with Crippen LogP contribution in [0.3, 0.4) is 0 Å². The maximum atomic E-state index is 11.6. The second-order valence-corrected chi connectivity index (χ2v) is 5.67. The number of thiophene rings is 1. The van der Waals surface area contributed by atoms with Gasteiger partial charge in [-0.1, -0.05) is 6.92 Å². The molecule has 0 saturated heterocycles. The van der Waals surface area contributed by atoms with E-state index in [4.69, 9.17) is 5.73 Å². The van der Waals surface area contributed by atoms with Crippen molar-refractivity contribution in [1.82, 2.24) is 5.32 Å². The Bertz CT molecular complexity index is 352. The van der Waals surface area contributed by atoms with Crippen LogP contribution in [0.1, 0.15) is 37.6 Å². The van der Waals surface area contributed by atoms with E-state index in [0.717, 1.165) is 6.42 Å². The van der Waals surface area contributed by atoms with Gasteiger partial charge in [-0.3, -0.25) is 4.79 Å². The van der Waals surface area contributed by atoms with Gasteiger partial charge in [0.15, 0.2) is 0 Å². The van der Waals surface area contributed by atoms with Crippen molar-refractivity contribution >= 4 is 17.2 Å². The van der Waals surface area contributed by atoms with E-state index in [0.29, 0.717) is 13.0 Å². The van der Waals surface area contributed by atoms with Crippen molar-refractivity contribution in [2.45, 2.75) is 45.7 Å². The minimum Gasteiger partial charge on any atom is -0.351 e. The molecule has 0 atom stereocenters. The van der Waals surface area contributed by atoms with E-state index >= 15 is 0 Å². The van der Waals surface area contributed by atoms with Crippen LogP contribution >= 0.6 is 11.3 Å². The molecule has 0 radical (unpaired) electrons. The molecule has 0 unspecified atom stereocenters. The topological polar surface area (TPSA) is 55.1 Å². The molecule has 3 N–H and O–H groups in total. The van der Waals surface area contributed by atoms with E-state index < -0.39 is 5.54 Å². The van der Waals surface area contributed by atoms with Crippen molar-refractivity contribution in [2.75, 3.05) is 0 Å². The Balaban J connectivity index is 2.43. The third kappa shape index (κ3) is 4.33. The molecule has 1 amide bonds. The first-order valence-corrected chi connectivity index (χ1v) is 6.41. The van der Waals surface area contributed by atoms with Crippen LogP contribution in [0.2, 0.25) is 0 Å². The largest absolute Gasteiger partial charge is 0.351 e. The number of carbonyl (C=O) groups excluding carboxylic acids is 1. The summed E-state index contributed by atoms with van der Waals surface area (Å²) in [5, 5.41) is 4.97. The minimum atomic E-state index is -0.437. The lowest BCUT2D eigenvalue weighted by molar-refractivity contribution is -0.122. The van der Waals surface area contributed by atoms with Crippen molar-refractivity contribution in [3.8, 4) is 0 Å². The van der Waals surface area contributed by atoms with Crippen LogP contribution in [0.4, 0.5) is 0 Å². The lowest BCUT2D eigenvalue weighted by Gasteiger charge is -2.17. The molecule has 1 aromatic heterocycles. The molecule has 0 bridgehead atoms. The summed E-state index contributed by atoms with van der Waals surface area (Å²) in [5.41, 5.74) is 6.66. The zero-order chi connectivity index (χ0) is 12.2. The van der Waals surface area contributed by atoms with Gasteiger partial charge in [-0.25, -0.2) is 0 Å². The Labute approximate surface area is 101 Å². The highest BCUT2D eigenvalue weighted by molar-refractivity contribution is 7.10. The van der Waals surface area contributed by atoms with Gasteiger partial charge in [-0.15, -0.1) is 11.3 Å². The van der Waals surface area contributed by atoms with Crippen molar-refractivity contribution in [3.63, 3.8) is 0 Å². The van der Waals surface area contributed by atoms with Crippen LogP contribution in [0, 0.1) is 0 Å². The fourth-order valence-electron chi connectivity index (χ4n) is 1.49. The van der Waals surface area contributed by atoms with Gasteiger partial charge in [-0.05, 0) is 37.3 Å². The predicted octanol–water partition coefficient (Wildman–Crippen LogP) is 2.05. The lowest BCUT2D eigenvalue weighted by atomic mass is 10.0. The van der Waals surface area contributed by atoms with Crippen LogP contribution in [0.15, 0.2) is 11.4 Å². The zero-order valence-corrected chi connectivity index (χ0v) is 11.0. The number of carbonyl (C=O) groups is 1. The van der Waals surface area contributed by atoms with E-state index in [9.17, 15) is 4.79 Å². The van der Waals surface area contributed by atoms with Crippen molar-refractivity contribution in [1.29, 1.82) is 0 Å². The molecular weight excluding hydrogens is 220 g/mol. The summed E-state index contributed by atoms with van der Waals surface area (Å²) in [6.07, 6.45) is 1.37. The maximum absolute atomic E-state index is 11.6. The molecule has 4 heteroatoms. The Morgan fingerprint density at radius 2 is 2.25 bits per heavy atom. The number of nitrogens with two attached hydrogens (primary N) is 1. The standard InChI is InChI=1S/C12H20N2OS/c1-4-9-5-6-16-10(9)8-14-11(15)7-12(2,3)13/h5-6H,4,7-8,13H2,1-3H3,(H,14,15). The molecule has 0 saturated carbocycles. The van der Waals surface area contributed by atoms with Crippen molar-refractivity contribution < 1.29 is 4.79 Å². The van der Waals surface area contributed by atoms with E-state index in [1.165, 1.54) is 10.4 Å². The smallest absolute Gasteiger partial charge is 0.222 e. The molecule has 1 aromatic rings. The van der Waals surface area contributed by atoms with Gasteiger partial charge < -0.3 is 11.1 Å². The summed E-state index contributed by atoms with van der Waals surface area (Å²) >= 11 is 1.69. The molecule has 0 aromatic carbocycles. The van der Waals surface area contributed by atoms with Gasteiger partial charge in [0.25, 0.3) is 0 Å². The first-order chi connectivity index (χ1) is 7.42. The van der Waals surface area contributed by atoms with E-state index in [1.807, 2.05) is 13.8 Å². The molecule has 0 aliphatic heterocycles. The summed E-state index contributed by atoms with van der Waals surface area (Å²) in [5.74, 6) is 0.0166. The Hall–Kier alpha value is -0.870. The molecule has 1 heterocycles. The van der Waals surface area contributed by atoms with E-state index in [2.05, 4.69) is 23.7 Å². The number of aryl methyl sites for hydroxylation is 1. The molecule has 90 valence electrons. The number of nitrogens with one attached hydrogen (secondary N) is 1. The lowest BCUT2D eigenvalue weighted by Crippen LogP contribution is -2.38. The maximum Gasteiger partial charge on any atom is 0.222 e. The van der Waals surface area contributed by atoms with Crippen LogP contribution < -0.4 is 11.1 Å². The van der Waals surface area contributed by atoms with Gasteiger partial charge >= 0.3 is 0 Å². The number of rotatable bonds is 5. The predicted molar refractivity (Wildman–Crippen MR) is 68.4 cm³/mol. The molecule has 1 rings (SSSR count). The van der Waals surface area contributed by atoms with Crippen LogP contribution in [0.5, 0.6) is 0 Å². The number of hydrogen-bond acceptors (Lipinski definition) is 3. The third-order valence-corrected chi connectivity index (χ3v) is 3.24. The fourth-order valence-corrected chi connectivity index (χ4v) is 2.41. The SMILES string of the molecule is CCc1ccsc1CNC(=O)CC(C)(C)N. The summed E-state index contributed by atoms with van der Waals surface area (Å²) in [4.78, 5) is 12.8. The average Bonchev–Trinajstić information content (AvgIpc) is 2.59. The fraction of sp³-hybridized carbons (Fsp3) is 0.583. The highest BCUT2D eigenvalue weighted by Gasteiger charge is 2.16. The van der Waals surface area contributed by atoms with Crippen molar-refractivity contribution in [3.05, 3.63) is 21.9 Å². The van der Waals surface area contributed by atoms with Crippen LogP contribution in [-0.4, -0.2) is 11.4 Å².